The zero-order valence-electron chi connectivity index (χ0n) is 10.6. The van der Waals surface area contributed by atoms with Gasteiger partial charge in [-0.3, -0.25) is 0 Å². The van der Waals surface area contributed by atoms with E-state index in [4.69, 9.17) is 10.00 Å². The van der Waals surface area contributed by atoms with Gasteiger partial charge in [-0.25, -0.2) is 8.78 Å². The summed E-state index contributed by atoms with van der Waals surface area (Å²) in [5.74, 6) is -1.06. The Morgan fingerprint density at radius 1 is 1.10 bits per heavy atom. The highest BCUT2D eigenvalue weighted by atomic mass is 19.2. The first kappa shape index (κ1) is 12.6. The molecule has 0 aliphatic carbocycles. The molecule has 0 saturated carbocycles. The number of rotatable bonds is 2. The Kier molecular flexibility index (Phi) is 3.11. The Balaban J connectivity index is 2.04. The lowest BCUT2D eigenvalue weighted by Gasteiger charge is -2.21. The van der Waals surface area contributed by atoms with Gasteiger partial charge in [0.1, 0.15) is 12.4 Å². The van der Waals surface area contributed by atoms with Gasteiger partial charge < -0.3 is 4.74 Å². The molecule has 1 heterocycles. The number of hydrogen-bond donors (Lipinski definition) is 0. The molecule has 20 heavy (non-hydrogen) atoms. The van der Waals surface area contributed by atoms with Crippen LogP contribution in [0.3, 0.4) is 0 Å². The Morgan fingerprint density at radius 3 is 2.70 bits per heavy atom. The average Bonchev–Trinajstić information content (AvgIpc) is 2.46. The normalized spacial score (nSPS) is 12.1. The predicted molar refractivity (Wildman–Crippen MR) is 70.1 cm³/mol. The summed E-state index contributed by atoms with van der Waals surface area (Å²) < 4.78 is 32.2. The Hall–Kier alpha value is -2.41. The van der Waals surface area contributed by atoms with Crippen LogP contribution in [0.5, 0.6) is 5.75 Å². The van der Waals surface area contributed by atoms with Gasteiger partial charge in [-0.2, -0.15) is 5.26 Å². The van der Waals surface area contributed by atoms with Gasteiger partial charge in [-0.15, -0.1) is 0 Å². The molecule has 4 heteroatoms. The lowest BCUT2D eigenvalue weighted by atomic mass is 9.95. The van der Waals surface area contributed by atoms with Crippen molar-refractivity contribution in [3.63, 3.8) is 0 Å². The molecule has 1 aliphatic heterocycles. The first-order valence-corrected chi connectivity index (χ1v) is 6.30. The number of aryl methyl sites for hydroxylation is 1. The number of fused-ring (bicyclic) bond motifs is 3. The molecular formula is C16H11F2NO. The fourth-order valence-corrected chi connectivity index (χ4v) is 2.38. The van der Waals surface area contributed by atoms with Gasteiger partial charge in [0, 0.05) is 17.5 Å². The third-order valence-corrected chi connectivity index (χ3v) is 3.39. The molecule has 0 unspecified atom stereocenters. The van der Waals surface area contributed by atoms with Crippen molar-refractivity contribution in [1.29, 1.82) is 5.26 Å². The monoisotopic (exact) mass is 271 g/mol. The number of hydrogen-bond acceptors (Lipinski definition) is 2. The van der Waals surface area contributed by atoms with Gasteiger partial charge in [0.15, 0.2) is 11.6 Å². The molecule has 0 amide bonds. The second-order valence-corrected chi connectivity index (χ2v) is 4.70. The van der Waals surface area contributed by atoms with E-state index < -0.39 is 11.6 Å². The lowest BCUT2D eigenvalue weighted by Crippen LogP contribution is -2.07. The summed E-state index contributed by atoms with van der Waals surface area (Å²) in [6.07, 6.45) is 1.09. The molecule has 0 aromatic heterocycles. The number of benzene rings is 2. The molecular weight excluding hydrogens is 260 g/mol. The van der Waals surface area contributed by atoms with E-state index in [1.54, 1.807) is 0 Å². The Bertz CT molecular complexity index is 719. The van der Waals surface area contributed by atoms with Crippen LogP contribution < -0.4 is 4.74 Å². The van der Waals surface area contributed by atoms with E-state index in [2.05, 4.69) is 6.07 Å². The van der Waals surface area contributed by atoms with Crippen molar-refractivity contribution in [2.45, 2.75) is 19.4 Å². The summed E-state index contributed by atoms with van der Waals surface area (Å²) in [5, 5.41) is 8.59. The molecule has 0 spiro atoms. The average molecular weight is 271 g/mol. The van der Waals surface area contributed by atoms with E-state index >= 15 is 0 Å². The van der Waals surface area contributed by atoms with E-state index in [9.17, 15) is 8.78 Å². The Labute approximate surface area is 115 Å². The summed E-state index contributed by atoms with van der Waals surface area (Å²) in [5.41, 5.74) is 3.06. The third kappa shape index (κ3) is 2.12. The lowest BCUT2D eigenvalue weighted by molar-refractivity contribution is 0.300. The highest BCUT2D eigenvalue weighted by molar-refractivity contribution is 5.75. The minimum atomic E-state index is -0.860. The van der Waals surface area contributed by atoms with E-state index in [1.165, 1.54) is 12.1 Å². The van der Waals surface area contributed by atoms with Crippen LogP contribution in [0.15, 0.2) is 30.3 Å². The fourth-order valence-electron chi connectivity index (χ4n) is 2.38. The zero-order chi connectivity index (χ0) is 14.1. The van der Waals surface area contributed by atoms with Crippen LogP contribution in [0.4, 0.5) is 8.78 Å². The van der Waals surface area contributed by atoms with Gasteiger partial charge in [0.05, 0.1) is 6.07 Å². The van der Waals surface area contributed by atoms with Gasteiger partial charge >= 0.3 is 0 Å². The molecule has 2 aromatic carbocycles. The molecule has 2 nitrogen and oxygen atoms in total. The van der Waals surface area contributed by atoms with Crippen molar-refractivity contribution in [3.8, 4) is 22.9 Å². The number of nitriles is 1. The maximum Gasteiger partial charge on any atom is 0.159 e. The first-order chi connectivity index (χ1) is 9.69. The van der Waals surface area contributed by atoms with E-state index in [1.807, 2.05) is 18.2 Å². The van der Waals surface area contributed by atoms with Crippen LogP contribution in [-0.4, -0.2) is 0 Å². The number of nitrogens with zero attached hydrogens (tertiary/aromatic N) is 1. The minimum absolute atomic E-state index is 0.223. The van der Waals surface area contributed by atoms with Crippen molar-refractivity contribution in [2.75, 3.05) is 0 Å². The van der Waals surface area contributed by atoms with Crippen molar-refractivity contribution in [3.05, 3.63) is 53.1 Å². The smallest absolute Gasteiger partial charge is 0.159 e. The quantitative estimate of drug-likeness (QED) is 0.827. The predicted octanol–water partition coefficient (Wildman–Crippen LogP) is 3.98. The molecule has 0 atom stereocenters. The topological polar surface area (TPSA) is 33.0 Å². The van der Waals surface area contributed by atoms with Crippen LogP contribution in [0.25, 0.3) is 11.1 Å². The van der Waals surface area contributed by atoms with Gasteiger partial charge in [0.2, 0.25) is 0 Å². The first-order valence-electron chi connectivity index (χ1n) is 6.30. The summed E-state index contributed by atoms with van der Waals surface area (Å²) in [4.78, 5) is 0. The van der Waals surface area contributed by atoms with Crippen LogP contribution in [0.1, 0.15) is 17.5 Å². The van der Waals surface area contributed by atoms with Crippen LogP contribution >= 0.6 is 0 Å². The van der Waals surface area contributed by atoms with E-state index in [0.717, 1.165) is 11.1 Å². The number of halogens is 2. The molecule has 0 saturated heterocycles. The van der Waals surface area contributed by atoms with Gasteiger partial charge in [0.25, 0.3) is 0 Å². The molecule has 0 N–H and O–H groups in total. The van der Waals surface area contributed by atoms with Crippen molar-refractivity contribution >= 4 is 0 Å². The largest absolute Gasteiger partial charge is 0.488 e. The highest BCUT2D eigenvalue weighted by Gasteiger charge is 2.20. The Morgan fingerprint density at radius 2 is 1.90 bits per heavy atom. The summed E-state index contributed by atoms with van der Waals surface area (Å²) >= 11 is 0. The summed E-state index contributed by atoms with van der Waals surface area (Å²) in [6.45, 7) is 0.223. The third-order valence-electron chi connectivity index (χ3n) is 3.39. The molecule has 1 aliphatic rings. The van der Waals surface area contributed by atoms with E-state index in [0.29, 0.717) is 29.7 Å². The van der Waals surface area contributed by atoms with Crippen molar-refractivity contribution < 1.29 is 13.5 Å². The van der Waals surface area contributed by atoms with E-state index in [-0.39, 0.29) is 6.61 Å². The second kappa shape index (κ2) is 4.93. The molecule has 0 bridgehead atoms. The van der Waals surface area contributed by atoms with Crippen molar-refractivity contribution in [2.24, 2.45) is 0 Å². The van der Waals surface area contributed by atoms with Gasteiger partial charge in [-0.05, 0) is 35.7 Å². The summed E-state index contributed by atoms with van der Waals surface area (Å²) in [6, 6.07) is 10.1. The molecule has 0 fully saturated rings. The highest BCUT2D eigenvalue weighted by Crippen LogP contribution is 2.39. The summed E-state index contributed by atoms with van der Waals surface area (Å²) in [7, 11) is 0. The fraction of sp³-hybridized carbons (Fsp3) is 0.188. The minimum Gasteiger partial charge on any atom is -0.488 e. The molecule has 0 radical (unpaired) electrons. The molecule has 100 valence electrons. The van der Waals surface area contributed by atoms with Gasteiger partial charge in [-0.1, -0.05) is 12.1 Å². The standard InChI is InChI=1S/C16H11F2NO/c17-14-7-11-9-20-16-6-10(2-1-5-19)3-4-12(16)13(11)8-15(14)18/h3-4,6-8H,1-2,9H2. The SMILES string of the molecule is N#CCCc1ccc2c(c1)OCc1cc(F)c(F)cc1-2. The van der Waals surface area contributed by atoms with Crippen LogP contribution in [0.2, 0.25) is 0 Å². The zero-order valence-corrected chi connectivity index (χ0v) is 10.6. The maximum atomic E-state index is 13.4. The van der Waals surface area contributed by atoms with Crippen LogP contribution in [-0.2, 0) is 13.0 Å². The van der Waals surface area contributed by atoms with Crippen LogP contribution in [0, 0.1) is 23.0 Å². The molecule has 2 aromatic rings. The van der Waals surface area contributed by atoms with Crippen molar-refractivity contribution in [1.82, 2.24) is 0 Å². The maximum absolute atomic E-state index is 13.4. The number of ether oxygens (including phenoxy) is 1. The second-order valence-electron chi connectivity index (χ2n) is 4.70. The molecule has 3 rings (SSSR count).